The van der Waals surface area contributed by atoms with Crippen LogP contribution in [0.3, 0.4) is 0 Å². The van der Waals surface area contributed by atoms with Crippen molar-refractivity contribution < 1.29 is 29.4 Å². The Labute approximate surface area is 128 Å². The molecular formula is C14H22N2O6. The molecule has 0 bridgehead atoms. The number of imide groups is 1. The second-order valence-electron chi connectivity index (χ2n) is 4.90. The van der Waals surface area contributed by atoms with E-state index in [0.717, 1.165) is 0 Å². The molecule has 0 saturated carbocycles. The van der Waals surface area contributed by atoms with Gasteiger partial charge in [-0.15, -0.1) is 0 Å². The first kappa shape index (κ1) is 19.8. The number of nitrogens with zero attached hydrogens (tertiary/aromatic N) is 1. The lowest BCUT2D eigenvalue weighted by Gasteiger charge is -2.26. The summed E-state index contributed by atoms with van der Waals surface area (Å²) in [5, 5.41) is 17.9. The van der Waals surface area contributed by atoms with Gasteiger partial charge < -0.3 is 15.9 Å². The van der Waals surface area contributed by atoms with Crippen molar-refractivity contribution in [2.75, 3.05) is 6.54 Å². The van der Waals surface area contributed by atoms with Gasteiger partial charge in [0.2, 0.25) is 5.91 Å². The van der Waals surface area contributed by atoms with Crippen LogP contribution in [0, 0.1) is 0 Å². The average Bonchev–Trinajstić information content (AvgIpc) is 2.42. The van der Waals surface area contributed by atoms with Gasteiger partial charge in [0.1, 0.15) is 6.04 Å². The summed E-state index contributed by atoms with van der Waals surface area (Å²) in [4.78, 5) is 46.7. The van der Waals surface area contributed by atoms with Gasteiger partial charge in [0, 0.05) is 12.0 Å². The predicted molar refractivity (Wildman–Crippen MR) is 77.9 cm³/mol. The number of unbranched alkanes of at least 4 members (excludes halogenated alkanes) is 2. The fraction of sp³-hybridized carbons (Fsp3) is 0.571. The molecule has 8 heteroatoms. The van der Waals surface area contributed by atoms with Crippen LogP contribution in [-0.2, 0) is 19.2 Å². The number of carboxylic acids is 2. The molecule has 0 aliphatic rings. The Bertz CT molecular complexity index is 460. The van der Waals surface area contributed by atoms with E-state index < -0.39 is 36.2 Å². The van der Waals surface area contributed by atoms with E-state index in [4.69, 9.17) is 15.9 Å². The maximum atomic E-state index is 12.2. The Kier molecular flexibility index (Phi) is 8.69. The molecule has 0 aliphatic carbocycles. The van der Waals surface area contributed by atoms with E-state index in [9.17, 15) is 19.2 Å². The molecule has 22 heavy (non-hydrogen) atoms. The minimum absolute atomic E-state index is 0.0352. The van der Waals surface area contributed by atoms with Gasteiger partial charge in [-0.05, 0) is 26.3 Å². The minimum atomic E-state index is -1.75. The predicted octanol–water partition coefficient (Wildman–Crippen LogP) is 0.365. The van der Waals surface area contributed by atoms with Gasteiger partial charge in [-0.3, -0.25) is 19.3 Å². The van der Waals surface area contributed by atoms with Crippen LogP contribution >= 0.6 is 0 Å². The van der Waals surface area contributed by atoms with Gasteiger partial charge in [-0.25, -0.2) is 4.79 Å². The number of carbonyl (C=O) groups is 4. The lowest BCUT2D eigenvalue weighted by Crippen LogP contribution is -2.49. The van der Waals surface area contributed by atoms with Gasteiger partial charge in [0.15, 0.2) is 0 Å². The maximum absolute atomic E-state index is 12.2. The maximum Gasteiger partial charge on any atom is 0.327 e. The number of rotatable bonds is 10. The van der Waals surface area contributed by atoms with E-state index in [0.29, 0.717) is 30.7 Å². The van der Waals surface area contributed by atoms with Crippen molar-refractivity contribution in [3.8, 4) is 0 Å². The first-order valence-electron chi connectivity index (χ1n) is 6.88. The molecule has 1 unspecified atom stereocenters. The first-order chi connectivity index (χ1) is 10.2. The highest BCUT2D eigenvalue weighted by Crippen LogP contribution is 2.14. The van der Waals surface area contributed by atoms with E-state index >= 15 is 0 Å². The van der Waals surface area contributed by atoms with E-state index in [2.05, 4.69) is 6.58 Å². The van der Waals surface area contributed by atoms with E-state index in [-0.39, 0.29) is 12.0 Å². The van der Waals surface area contributed by atoms with Crippen molar-refractivity contribution in [1.82, 2.24) is 4.90 Å². The zero-order valence-electron chi connectivity index (χ0n) is 12.6. The van der Waals surface area contributed by atoms with Crippen molar-refractivity contribution in [2.45, 2.75) is 45.1 Å². The minimum Gasteiger partial charge on any atom is -0.481 e. The van der Waals surface area contributed by atoms with E-state index in [1.54, 1.807) is 0 Å². The Morgan fingerprint density at radius 2 is 1.73 bits per heavy atom. The molecule has 4 N–H and O–H groups in total. The molecule has 0 fully saturated rings. The number of hydrogen-bond donors (Lipinski definition) is 3. The van der Waals surface area contributed by atoms with Crippen molar-refractivity contribution in [2.24, 2.45) is 5.73 Å². The number of carboxylic acid groups (broad SMARTS) is 2. The molecule has 0 aliphatic heterocycles. The second-order valence-corrected chi connectivity index (χ2v) is 4.90. The Hall–Kier alpha value is -2.22. The van der Waals surface area contributed by atoms with E-state index in [1.165, 1.54) is 6.92 Å². The highest BCUT2D eigenvalue weighted by molar-refractivity contribution is 6.06. The number of hydrogen-bond acceptors (Lipinski definition) is 5. The molecule has 0 heterocycles. The summed E-state index contributed by atoms with van der Waals surface area (Å²) in [5.74, 6) is -4.56. The molecule has 8 nitrogen and oxygen atoms in total. The number of amides is 2. The highest BCUT2D eigenvalue weighted by atomic mass is 16.4. The Morgan fingerprint density at radius 3 is 2.14 bits per heavy atom. The lowest BCUT2D eigenvalue weighted by atomic mass is 10.1. The standard InChI is InChI=1S/C14H22N2O6/c1-9(2)13(20)16(10(14(21)22)8-12(18)19)11(17)6-4-3-5-7-15/h10H,1,3-8,15H2,2H3,(H,18,19)(H,21,22). The van der Waals surface area contributed by atoms with Crippen LogP contribution in [0.25, 0.3) is 0 Å². The third-order valence-electron chi connectivity index (χ3n) is 2.91. The van der Waals surface area contributed by atoms with Gasteiger partial charge in [0.05, 0.1) is 6.42 Å². The van der Waals surface area contributed by atoms with Gasteiger partial charge in [-0.2, -0.15) is 0 Å². The summed E-state index contributed by atoms with van der Waals surface area (Å²) in [6, 6.07) is -1.75. The van der Waals surface area contributed by atoms with Crippen LogP contribution in [-0.4, -0.2) is 51.5 Å². The van der Waals surface area contributed by atoms with E-state index in [1.807, 2.05) is 0 Å². The third-order valence-corrected chi connectivity index (χ3v) is 2.91. The highest BCUT2D eigenvalue weighted by Gasteiger charge is 2.36. The van der Waals surface area contributed by atoms with Crippen molar-refractivity contribution in [1.29, 1.82) is 0 Å². The topological polar surface area (TPSA) is 138 Å². The van der Waals surface area contributed by atoms with Gasteiger partial charge >= 0.3 is 11.9 Å². The summed E-state index contributed by atoms with van der Waals surface area (Å²) in [6.07, 6.45) is 0.897. The lowest BCUT2D eigenvalue weighted by molar-refractivity contribution is -0.159. The Balaban J connectivity index is 5.20. The van der Waals surface area contributed by atoms with Crippen LogP contribution in [0.2, 0.25) is 0 Å². The zero-order valence-corrected chi connectivity index (χ0v) is 12.6. The smallest absolute Gasteiger partial charge is 0.327 e. The molecule has 0 radical (unpaired) electrons. The number of nitrogens with two attached hydrogens (primary N) is 1. The van der Waals surface area contributed by atoms with Gasteiger partial charge in [0.25, 0.3) is 5.91 Å². The first-order valence-corrected chi connectivity index (χ1v) is 6.88. The quantitative estimate of drug-likeness (QED) is 0.391. The van der Waals surface area contributed by atoms with Crippen LogP contribution in [0.15, 0.2) is 12.2 Å². The fourth-order valence-corrected chi connectivity index (χ4v) is 1.81. The zero-order chi connectivity index (χ0) is 17.3. The average molecular weight is 314 g/mol. The molecule has 0 aromatic heterocycles. The third kappa shape index (κ3) is 6.49. The molecule has 0 saturated heterocycles. The van der Waals surface area contributed by atoms with Crippen LogP contribution in [0.4, 0.5) is 0 Å². The van der Waals surface area contributed by atoms with Crippen LogP contribution < -0.4 is 5.73 Å². The number of aliphatic carboxylic acids is 2. The molecule has 0 aromatic rings. The molecular weight excluding hydrogens is 292 g/mol. The van der Waals surface area contributed by atoms with Crippen molar-refractivity contribution >= 4 is 23.8 Å². The summed E-state index contributed by atoms with van der Waals surface area (Å²) >= 11 is 0. The molecule has 2 amide bonds. The summed E-state index contributed by atoms with van der Waals surface area (Å²) in [5.41, 5.74) is 5.30. The summed E-state index contributed by atoms with van der Waals surface area (Å²) in [7, 11) is 0. The summed E-state index contributed by atoms with van der Waals surface area (Å²) < 4.78 is 0. The fourth-order valence-electron chi connectivity index (χ4n) is 1.81. The monoisotopic (exact) mass is 314 g/mol. The normalized spacial score (nSPS) is 11.5. The molecule has 1 atom stereocenters. The molecule has 0 aromatic carbocycles. The van der Waals surface area contributed by atoms with Crippen LogP contribution in [0.5, 0.6) is 0 Å². The van der Waals surface area contributed by atoms with Crippen molar-refractivity contribution in [3.63, 3.8) is 0 Å². The Morgan fingerprint density at radius 1 is 1.14 bits per heavy atom. The largest absolute Gasteiger partial charge is 0.481 e. The van der Waals surface area contributed by atoms with Crippen molar-refractivity contribution in [3.05, 3.63) is 12.2 Å². The molecule has 124 valence electrons. The second kappa shape index (κ2) is 9.67. The SMILES string of the molecule is C=C(C)C(=O)N(C(=O)CCCCCN)C(CC(=O)O)C(=O)O. The number of carbonyl (C=O) groups excluding carboxylic acids is 2. The molecule has 0 spiro atoms. The summed E-state index contributed by atoms with van der Waals surface area (Å²) in [6.45, 7) is 5.19. The van der Waals surface area contributed by atoms with Crippen LogP contribution in [0.1, 0.15) is 39.0 Å². The molecule has 0 rings (SSSR count). The van der Waals surface area contributed by atoms with Gasteiger partial charge in [-0.1, -0.05) is 13.0 Å².